The van der Waals surface area contributed by atoms with Crippen LogP contribution in [0.3, 0.4) is 0 Å². The molecule has 0 aliphatic heterocycles. The standard InChI is InChI=1S/C15H13ClFNO3S/c1-7-8(2)22-14(11(7)15(20)21-3)18-13(19)12-9(16)5-4-6-10(12)17/h4-6H,1-3H3,(H,18,19). The number of anilines is 1. The fraction of sp³-hybridized carbons (Fsp3) is 0.200. The molecule has 1 aromatic carbocycles. The maximum Gasteiger partial charge on any atom is 0.341 e. The summed E-state index contributed by atoms with van der Waals surface area (Å²) in [5.41, 5.74) is 0.723. The molecule has 0 aliphatic rings. The van der Waals surface area contributed by atoms with Crippen LogP contribution in [0.4, 0.5) is 9.39 Å². The zero-order valence-corrected chi connectivity index (χ0v) is 13.7. The maximum absolute atomic E-state index is 13.8. The molecule has 0 saturated carbocycles. The fourth-order valence-corrected chi connectivity index (χ4v) is 3.24. The van der Waals surface area contributed by atoms with Gasteiger partial charge in [0.25, 0.3) is 5.91 Å². The Balaban J connectivity index is 2.41. The van der Waals surface area contributed by atoms with E-state index in [2.05, 4.69) is 5.32 Å². The zero-order chi connectivity index (χ0) is 16.4. The van der Waals surface area contributed by atoms with Gasteiger partial charge in [0.2, 0.25) is 0 Å². The first-order valence-corrected chi connectivity index (χ1v) is 7.50. The van der Waals surface area contributed by atoms with Crippen LogP contribution in [0.15, 0.2) is 18.2 Å². The Bertz CT molecular complexity index is 737. The van der Waals surface area contributed by atoms with Crippen LogP contribution in [-0.2, 0) is 4.74 Å². The molecule has 7 heteroatoms. The van der Waals surface area contributed by atoms with Crippen LogP contribution in [0.2, 0.25) is 5.02 Å². The average molecular weight is 342 g/mol. The first kappa shape index (κ1) is 16.5. The van der Waals surface area contributed by atoms with Gasteiger partial charge in [-0.3, -0.25) is 4.79 Å². The quantitative estimate of drug-likeness (QED) is 0.851. The van der Waals surface area contributed by atoms with Crippen molar-refractivity contribution in [3.05, 3.63) is 50.6 Å². The van der Waals surface area contributed by atoms with E-state index in [9.17, 15) is 14.0 Å². The summed E-state index contributed by atoms with van der Waals surface area (Å²) >= 11 is 7.09. The SMILES string of the molecule is COC(=O)c1c(NC(=O)c2c(F)cccc2Cl)sc(C)c1C. The van der Waals surface area contributed by atoms with Crippen LogP contribution < -0.4 is 5.32 Å². The molecule has 1 aromatic heterocycles. The van der Waals surface area contributed by atoms with Crippen molar-refractivity contribution in [1.82, 2.24) is 0 Å². The molecular weight excluding hydrogens is 329 g/mol. The fourth-order valence-electron chi connectivity index (χ4n) is 1.94. The van der Waals surface area contributed by atoms with E-state index in [1.54, 1.807) is 6.92 Å². The van der Waals surface area contributed by atoms with Crippen molar-refractivity contribution < 1.29 is 18.7 Å². The third kappa shape index (κ3) is 2.98. The monoisotopic (exact) mass is 341 g/mol. The number of hydrogen-bond acceptors (Lipinski definition) is 4. The molecule has 0 atom stereocenters. The molecule has 0 saturated heterocycles. The highest BCUT2D eigenvalue weighted by molar-refractivity contribution is 7.16. The molecule has 116 valence electrons. The molecule has 4 nitrogen and oxygen atoms in total. The minimum atomic E-state index is -0.727. The molecule has 1 amide bonds. The molecule has 1 N–H and O–H groups in total. The summed E-state index contributed by atoms with van der Waals surface area (Å²) in [6, 6.07) is 3.98. The second-order valence-electron chi connectivity index (χ2n) is 4.53. The molecule has 0 aliphatic carbocycles. The minimum Gasteiger partial charge on any atom is -0.465 e. The highest BCUT2D eigenvalue weighted by Gasteiger charge is 2.23. The number of amides is 1. The summed E-state index contributed by atoms with van der Waals surface area (Å²) in [6.45, 7) is 3.57. The summed E-state index contributed by atoms with van der Waals surface area (Å²) in [6.07, 6.45) is 0. The van der Waals surface area contributed by atoms with E-state index in [4.69, 9.17) is 16.3 Å². The van der Waals surface area contributed by atoms with Gasteiger partial charge in [-0.15, -0.1) is 11.3 Å². The Labute approximate surface area is 135 Å². The molecule has 0 fully saturated rings. The van der Waals surface area contributed by atoms with Crippen molar-refractivity contribution in [2.75, 3.05) is 12.4 Å². The zero-order valence-electron chi connectivity index (χ0n) is 12.1. The minimum absolute atomic E-state index is 0.00196. The lowest BCUT2D eigenvalue weighted by atomic mass is 10.1. The number of thiophene rings is 1. The Morgan fingerprint density at radius 2 is 1.95 bits per heavy atom. The van der Waals surface area contributed by atoms with E-state index in [0.29, 0.717) is 10.6 Å². The summed E-state index contributed by atoms with van der Waals surface area (Å²) < 4.78 is 18.5. The molecule has 0 radical (unpaired) electrons. The van der Waals surface area contributed by atoms with Gasteiger partial charge in [-0.1, -0.05) is 17.7 Å². The predicted octanol–water partition coefficient (Wildman–Crippen LogP) is 4.20. The molecule has 0 bridgehead atoms. The number of nitrogens with one attached hydrogen (secondary N) is 1. The number of benzene rings is 1. The molecule has 2 rings (SSSR count). The number of aryl methyl sites for hydroxylation is 1. The van der Waals surface area contributed by atoms with Crippen LogP contribution in [-0.4, -0.2) is 19.0 Å². The van der Waals surface area contributed by atoms with Gasteiger partial charge in [-0.05, 0) is 31.5 Å². The van der Waals surface area contributed by atoms with Gasteiger partial charge in [-0.25, -0.2) is 9.18 Å². The topological polar surface area (TPSA) is 55.4 Å². The van der Waals surface area contributed by atoms with E-state index >= 15 is 0 Å². The van der Waals surface area contributed by atoms with Crippen LogP contribution >= 0.6 is 22.9 Å². The predicted molar refractivity (Wildman–Crippen MR) is 84.5 cm³/mol. The van der Waals surface area contributed by atoms with Gasteiger partial charge < -0.3 is 10.1 Å². The van der Waals surface area contributed by atoms with E-state index in [-0.39, 0.29) is 16.1 Å². The summed E-state index contributed by atoms with van der Waals surface area (Å²) in [7, 11) is 1.26. The summed E-state index contributed by atoms with van der Waals surface area (Å²) in [5.74, 6) is -2.00. The Morgan fingerprint density at radius 1 is 1.27 bits per heavy atom. The van der Waals surface area contributed by atoms with Gasteiger partial charge in [0.1, 0.15) is 10.8 Å². The number of carbonyl (C=O) groups is 2. The van der Waals surface area contributed by atoms with Gasteiger partial charge in [0.05, 0.1) is 23.3 Å². The number of methoxy groups -OCH3 is 1. The lowest BCUT2D eigenvalue weighted by Crippen LogP contribution is -2.16. The summed E-state index contributed by atoms with van der Waals surface area (Å²) in [4.78, 5) is 25.0. The van der Waals surface area contributed by atoms with Crippen molar-refractivity contribution in [3.8, 4) is 0 Å². The number of hydrogen-bond donors (Lipinski definition) is 1. The Morgan fingerprint density at radius 3 is 2.55 bits per heavy atom. The maximum atomic E-state index is 13.8. The molecule has 1 heterocycles. The lowest BCUT2D eigenvalue weighted by Gasteiger charge is -2.08. The molecule has 0 spiro atoms. The third-order valence-corrected chi connectivity index (χ3v) is 4.63. The van der Waals surface area contributed by atoms with Crippen molar-refractivity contribution in [2.45, 2.75) is 13.8 Å². The van der Waals surface area contributed by atoms with Gasteiger partial charge >= 0.3 is 5.97 Å². The van der Waals surface area contributed by atoms with Gasteiger partial charge in [-0.2, -0.15) is 0 Å². The largest absolute Gasteiger partial charge is 0.465 e. The molecule has 2 aromatic rings. The third-order valence-electron chi connectivity index (χ3n) is 3.19. The first-order valence-electron chi connectivity index (χ1n) is 6.30. The number of ether oxygens (including phenoxy) is 1. The first-order chi connectivity index (χ1) is 10.4. The van der Waals surface area contributed by atoms with Gasteiger partial charge in [0.15, 0.2) is 0 Å². The van der Waals surface area contributed by atoms with Crippen molar-refractivity contribution in [3.63, 3.8) is 0 Å². The number of rotatable bonds is 3. The normalized spacial score (nSPS) is 10.4. The Kier molecular flexibility index (Phi) is 4.83. The number of carbonyl (C=O) groups excluding carboxylic acids is 2. The Hall–Kier alpha value is -1.92. The van der Waals surface area contributed by atoms with Crippen LogP contribution in [0.25, 0.3) is 0 Å². The van der Waals surface area contributed by atoms with E-state index in [1.807, 2.05) is 6.92 Å². The number of esters is 1. The smallest absolute Gasteiger partial charge is 0.341 e. The second-order valence-corrected chi connectivity index (χ2v) is 6.16. The van der Waals surface area contributed by atoms with E-state index in [0.717, 1.165) is 10.9 Å². The van der Waals surface area contributed by atoms with Crippen molar-refractivity contribution in [2.24, 2.45) is 0 Å². The second kappa shape index (κ2) is 6.46. The number of halogens is 2. The van der Waals surface area contributed by atoms with Crippen LogP contribution in [0.5, 0.6) is 0 Å². The molecule has 0 unspecified atom stereocenters. The van der Waals surface area contributed by atoms with Crippen molar-refractivity contribution >= 4 is 39.8 Å². The van der Waals surface area contributed by atoms with Crippen molar-refractivity contribution in [1.29, 1.82) is 0 Å². The molecule has 22 heavy (non-hydrogen) atoms. The molecular formula is C15H13ClFNO3S. The highest BCUT2D eigenvalue weighted by atomic mass is 35.5. The van der Waals surface area contributed by atoms with Crippen LogP contribution in [0.1, 0.15) is 31.2 Å². The average Bonchev–Trinajstić information content (AvgIpc) is 2.72. The van der Waals surface area contributed by atoms with E-state index < -0.39 is 17.7 Å². The van der Waals surface area contributed by atoms with Crippen LogP contribution in [0, 0.1) is 19.7 Å². The van der Waals surface area contributed by atoms with Gasteiger partial charge in [0, 0.05) is 4.88 Å². The summed E-state index contributed by atoms with van der Waals surface area (Å²) in [5, 5.41) is 2.85. The lowest BCUT2D eigenvalue weighted by molar-refractivity contribution is 0.0601. The highest BCUT2D eigenvalue weighted by Crippen LogP contribution is 2.33. The van der Waals surface area contributed by atoms with E-state index in [1.165, 1.54) is 30.6 Å².